The molecular weight excluding hydrogens is 791 g/mol. The number of para-hydroxylation sites is 2. The summed E-state index contributed by atoms with van der Waals surface area (Å²) in [5, 5.41) is 6.03. The molecule has 2 aromatic heterocycles. The highest BCUT2D eigenvalue weighted by molar-refractivity contribution is 6.04. The fourth-order valence-electron chi connectivity index (χ4n) is 8.64. The van der Waals surface area contributed by atoms with Gasteiger partial charge in [-0.1, -0.05) is 48.5 Å². The van der Waals surface area contributed by atoms with Gasteiger partial charge in [0.05, 0.1) is 24.8 Å². The molecule has 2 heterocycles. The van der Waals surface area contributed by atoms with Gasteiger partial charge in [0, 0.05) is 41.8 Å². The minimum absolute atomic E-state index is 0.00913. The average Bonchev–Trinajstić information content (AvgIpc) is 3.29. The normalized spacial score (nSPS) is 19.9. The predicted molar refractivity (Wildman–Crippen MR) is 233 cm³/mol. The Bertz CT molecular complexity index is 2570. The van der Waals surface area contributed by atoms with Crippen molar-refractivity contribution in [2.24, 2.45) is 17.4 Å². The molecule has 6 aromatic rings. The third-order valence-corrected chi connectivity index (χ3v) is 12.0. The minimum atomic E-state index is -0.597. The average molecular weight is 839 g/mol. The molecule has 2 saturated carbocycles. The van der Waals surface area contributed by atoms with Gasteiger partial charge in [-0.3, -0.25) is 9.59 Å². The van der Waals surface area contributed by atoms with Crippen LogP contribution in [0.3, 0.4) is 0 Å². The molecule has 0 spiro atoms. The lowest BCUT2D eigenvalue weighted by Crippen LogP contribution is -2.39. The molecule has 2 aliphatic carbocycles. The first-order valence-electron chi connectivity index (χ1n) is 20.9. The van der Waals surface area contributed by atoms with E-state index in [1.165, 1.54) is 49.8 Å². The summed E-state index contributed by atoms with van der Waals surface area (Å²) in [6.45, 7) is 0.175. The summed E-state index contributed by atoms with van der Waals surface area (Å²) in [5.41, 5.74) is 16.4. The highest BCUT2D eigenvalue weighted by atomic mass is 19.1. The molecule has 0 bridgehead atoms. The number of carbonyl (C=O) groups excluding carboxylic acids is 2. The number of ether oxygens (including phenoxy) is 2. The molecule has 2 amide bonds. The van der Waals surface area contributed by atoms with Crippen molar-refractivity contribution in [3.05, 3.63) is 144 Å². The van der Waals surface area contributed by atoms with Gasteiger partial charge in [0.15, 0.2) is 11.6 Å². The summed E-state index contributed by atoms with van der Waals surface area (Å²) >= 11 is 0. The zero-order valence-corrected chi connectivity index (χ0v) is 34.3. The van der Waals surface area contributed by atoms with Gasteiger partial charge in [0.2, 0.25) is 0 Å². The zero-order chi connectivity index (χ0) is 43.2. The van der Waals surface area contributed by atoms with Crippen LogP contribution in [0.1, 0.15) is 88.9 Å². The summed E-state index contributed by atoms with van der Waals surface area (Å²) in [7, 11) is 1.42. The number of hydrogen-bond donors (Lipinski definition) is 4. The number of nitrogens with zero attached hydrogens (tertiary/aromatic N) is 4. The van der Waals surface area contributed by atoms with E-state index in [1.54, 1.807) is 18.2 Å². The molecule has 6 N–H and O–H groups in total. The molecule has 12 nitrogen and oxygen atoms in total. The first-order valence-corrected chi connectivity index (χ1v) is 20.9. The third-order valence-electron chi connectivity index (χ3n) is 12.0. The number of halogens is 2. The molecule has 0 saturated heterocycles. The predicted octanol–water partition coefficient (Wildman–Crippen LogP) is 8.67. The highest BCUT2D eigenvalue weighted by Gasteiger charge is 2.32. The SMILES string of the molecule is COc1cccc(F)c1-c1nccc(C(=O)Nc2ccccc2[C@H]2CC[C@@H](N)C(COc3cccc(F)c3-c3nccc(C(=O)Nc4ccccc4[C@H]4CC[C@H](N)CC4)n3)C2)n1. The monoisotopic (exact) mass is 838 g/mol. The molecule has 2 fully saturated rings. The maximum atomic E-state index is 15.7. The van der Waals surface area contributed by atoms with Crippen LogP contribution in [0.25, 0.3) is 22.8 Å². The Morgan fingerprint density at radius 1 is 0.645 bits per heavy atom. The van der Waals surface area contributed by atoms with E-state index < -0.39 is 23.4 Å². The van der Waals surface area contributed by atoms with E-state index in [9.17, 15) is 14.0 Å². The van der Waals surface area contributed by atoms with Crippen LogP contribution in [0, 0.1) is 17.6 Å². The lowest BCUT2D eigenvalue weighted by atomic mass is 9.75. The first-order chi connectivity index (χ1) is 30.2. The van der Waals surface area contributed by atoms with Crippen molar-refractivity contribution >= 4 is 23.2 Å². The van der Waals surface area contributed by atoms with Gasteiger partial charge in [-0.2, -0.15) is 0 Å². The molecule has 1 unspecified atom stereocenters. The lowest BCUT2D eigenvalue weighted by molar-refractivity contribution is 0.101. The number of benzene rings is 4. The Hall–Kier alpha value is -6.64. The van der Waals surface area contributed by atoms with Gasteiger partial charge in [-0.25, -0.2) is 28.7 Å². The van der Waals surface area contributed by atoms with Crippen molar-refractivity contribution in [3.8, 4) is 34.3 Å². The maximum Gasteiger partial charge on any atom is 0.274 e. The number of methoxy groups -OCH3 is 1. The van der Waals surface area contributed by atoms with Crippen molar-refractivity contribution in [3.63, 3.8) is 0 Å². The second kappa shape index (κ2) is 19.0. The smallest absolute Gasteiger partial charge is 0.274 e. The molecule has 8 rings (SSSR count). The summed E-state index contributed by atoms with van der Waals surface area (Å²) < 4.78 is 42.2. The quantitative estimate of drug-likeness (QED) is 0.0932. The van der Waals surface area contributed by atoms with E-state index in [-0.39, 0.29) is 82.1 Å². The largest absolute Gasteiger partial charge is 0.496 e. The van der Waals surface area contributed by atoms with Gasteiger partial charge >= 0.3 is 0 Å². The molecule has 2 aliphatic rings. The van der Waals surface area contributed by atoms with Gasteiger partial charge < -0.3 is 31.6 Å². The molecule has 318 valence electrons. The Morgan fingerprint density at radius 2 is 1.16 bits per heavy atom. The number of anilines is 2. The Balaban J connectivity index is 0.958. The van der Waals surface area contributed by atoms with Crippen LogP contribution in [0.4, 0.5) is 20.2 Å². The van der Waals surface area contributed by atoms with E-state index in [1.807, 2.05) is 48.5 Å². The first kappa shape index (κ1) is 42.1. The molecule has 0 radical (unpaired) electrons. The Kier molecular flexibility index (Phi) is 12.9. The van der Waals surface area contributed by atoms with Crippen molar-refractivity contribution < 1.29 is 27.8 Å². The fourth-order valence-corrected chi connectivity index (χ4v) is 8.64. The van der Waals surface area contributed by atoms with Crippen molar-refractivity contribution in [2.45, 2.75) is 68.9 Å². The van der Waals surface area contributed by atoms with Crippen LogP contribution >= 0.6 is 0 Å². The van der Waals surface area contributed by atoms with Crippen LogP contribution in [-0.2, 0) is 0 Å². The number of nitrogens with one attached hydrogen (secondary N) is 2. The number of hydrogen-bond acceptors (Lipinski definition) is 10. The summed E-state index contributed by atoms with van der Waals surface area (Å²) in [6, 6.07) is 27.2. The van der Waals surface area contributed by atoms with Crippen LogP contribution in [0.15, 0.2) is 109 Å². The standard InChI is InChI=1S/C48H48F2N8O4/c1-61-41-14-6-10-34(49)43(41)45-53-24-22-39(55-45)48(60)58-38-13-5-3-9-33(38)29-18-21-36(52)30(26-29)27-62-42-15-7-11-35(50)44(42)46-54-25-23-40(56-46)47(59)57-37-12-4-2-8-32(37)28-16-19-31(51)20-17-28/h2-15,22-25,28-31,36H,16-21,26-27,51-52H2,1H3,(H,57,59)(H,58,60)/t28-,29-,30?,31-,36+/m0/s1. The summed E-state index contributed by atoms with van der Waals surface area (Å²) in [5.74, 6) is -1.42. The van der Waals surface area contributed by atoms with E-state index >= 15 is 4.39 Å². The summed E-state index contributed by atoms with van der Waals surface area (Å²) in [4.78, 5) is 44.7. The third kappa shape index (κ3) is 9.31. The van der Waals surface area contributed by atoms with Crippen LogP contribution in [0.2, 0.25) is 0 Å². The molecule has 14 heteroatoms. The molecular formula is C48H48F2N8O4. The van der Waals surface area contributed by atoms with Gasteiger partial charge in [0.25, 0.3) is 11.8 Å². The molecule has 3 atom stereocenters. The second-order valence-electron chi connectivity index (χ2n) is 15.9. The van der Waals surface area contributed by atoms with Crippen LogP contribution in [-0.4, -0.2) is 57.6 Å². The zero-order valence-electron chi connectivity index (χ0n) is 34.3. The van der Waals surface area contributed by atoms with Gasteiger partial charge in [-0.05, 0) is 116 Å². The number of aromatic nitrogens is 4. The minimum Gasteiger partial charge on any atom is -0.496 e. The Labute approximate surface area is 358 Å². The fraction of sp³-hybridized carbons (Fsp3) is 0.292. The van der Waals surface area contributed by atoms with Crippen LogP contribution in [0.5, 0.6) is 11.5 Å². The van der Waals surface area contributed by atoms with Crippen molar-refractivity contribution in [1.82, 2.24) is 19.9 Å². The van der Waals surface area contributed by atoms with Crippen molar-refractivity contribution in [2.75, 3.05) is 24.4 Å². The maximum absolute atomic E-state index is 15.7. The number of rotatable bonds is 12. The van der Waals surface area contributed by atoms with Gasteiger partial charge in [-0.15, -0.1) is 0 Å². The molecule has 0 aliphatic heterocycles. The highest BCUT2D eigenvalue weighted by Crippen LogP contribution is 2.41. The van der Waals surface area contributed by atoms with Crippen molar-refractivity contribution in [1.29, 1.82) is 0 Å². The van der Waals surface area contributed by atoms with E-state index in [0.29, 0.717) is 24.2 Å². The second-order valence-corrected chi connectivity index (χ2v) is 15.9. The summed E-state index contributed by atoms with van der Waals surface area (Å²) in [6.07, 6.45) is 8.68. The Morgan fingerprint density at radius 3 is 1.74 bits per heavy atom. The van der Waals surface area contributed by atoms with E-state index in [0.717, 1.165) is 43.2 Å². The van der Waals surface area contributed by atoms with Crippen LogP contribution < -0.4 is 31.6 Å². The molecule has 4 aromatic carbocycles. The number of carbonyl (C=O) groups is 2. The number of amides is 2. The van der Waals surface area contributed by atoms with E-state index in [2.05, 4.69) is 30.6 Å². The number of nitrogens with two attached hydrogens (primary N) is 2. The topological polar surface area (TPSA) is 180 Å². The van der Waals surface area contributed by atoms with Gasteiger partial charge in [0.1, 0.15) is 34.5 Å². The lowest BCUT2D eigenvalue weighted by Gasteiger charge is -2.35. The molecule has 62 heavy (non-hydrogen) atoms. The van der Waals surface area contributed by atoms with E-state index in [4.69, 9.17) is 20.9 Å².